The van der Waals surface area contributed by atoms with Crippen LogP contribution in [0.25, 0.3) is 0 Å². The van der Waals surface area contributed by atoms with Crippen LogP contribution in [0.3, 0.4) is 0 Å². The molecule has 20 heavy (non-hydrogen) atoms. The van der Waals surface area contributed by atoms with Crippen molar-refractivity contribution in [3.8, 4) is 5.75 Å². The zero-order valence-corrected chi connectivity index (χ0v) is 12.5. The van der Waals surface area contributed by atoms with Crippen LogP contribution in [-0.2, 0) is 9.59 Å². The standard InChI is InChI=1S/C14H16BrNO4/c15-10-3-1-5-12(7-10)20-9-13(17)16-6-2-4-11(16)8-14(18)19/h1,3,5,7,11H,2,4,6,8-9H2,(H,18,19). The predicted molar refractivity (Wildman–Crippen MR) is 76.6 cm³/mol. The van der Waals surface area contributed by atoms with Crippen molar-refractivity contribution in [2.75, 3.05) is 13.2 Å². The highest BCUT2D eigenvalue weighted by Crippen LogP contribution is 2.21. The van der Waals surface area contributed by atoms with Gasteiger partial charge in [0, 0.05) is 17.1 Å². The van der Waals surface area contributed by atoms with Crippen LogP contribution in [0.4, 0.5) is 0 Å². The second-order valence-corrected chi connectivity index (χ2v) is 5.64. The summed E-state index contributed by atoms with van der Waals surface area (Å²) < 4.78 is 6.33. The Labute approximate surface area is 125 Å². The molecule has 5 nitrogen and oxygen atoms in total. The first kappa shape index (κ1) is 14.8. The average Bonchev–Trinajstić information content (AvgIpc) is 2.83. The van der Waals surface area contributed by atoms with Gasteiger partial charge in [0.25, 0.3) is 5.91 Å². The summed E-state index contributed by atoms with van der Waals surface area (Å²) in [5.41, 5.74) is 0. The molecule has 0 spiro atoms. The maximum absolute atomic E-state index is 12.1. The summed E-state index contributed by atoms with van der Waals surface area (Å²) >= 11 is 3.33. The Balaban J connectivity index is 1.89. The Morgan fingerprint density at radius 1 is 1.45 bits per heavy atom. The van der Waals surface area contributed by atoms with E-state index in [4.69, 9.17) is 9.84 Å². The van der Waals surface area contributed by atoms with Crippen LogP contribution in [0.5, 0.6) is 5.75 Å². The molecule has 108 valence electrons. The third-order valence-electron chi connectivity index (χ3n) is 3.27. The molecule has 1 atom stereocenters. The van der Waals surface area contributed by atoms with Gasteiger partial charge in [0.2, 0.25) is 0 Å². The van der Waals surface area contributed by atoms with Gasteiger partial charge in [0.15, 0.2) is 6.61 Å². The quantitative estimate of drug-likeness (QED) is 0.892. The lowest BCUT2D eigenvalue weighted by Gasteiger charge is -2.23. The molecule has 1 aromatic rings. The minimum Gasteiger partial charge on any atom is -0.484 e. The predicted octanol–water partition coefficient (Wildman–Crippen LogP) is 2.29. The number of benzene rings is 1. The summed E-state index contributed by atoms with van der Waals surface area (Å²) in [6, 6.07) is 7.06. The molecule has 0 radical (unpaired) electrons. The number of amides is 1. The van der Waals surface area contributed by atoms with Crippen LogP contribution in [-0.4, -0.2) is 41.1 Å². The highest BCUT2D eigenvalue weighted by molar-refractivity contribution is 9.10. The Morgan fingerprint density at radius 3 is 2.95 bits per heavy atom. The molecule has 1 aliphatic rings. The monoisotopic (exact) mass is 341 g/mol. The molecule has 1 aromatic carbocycles. The van der Waals surface area contributed by atoms with Gasteiger partial charge in [0.05, 0.1) is 6.42 Å². The van der Waals surface area contributed by atoms with E-state index in [1.807, 2.05) is 12.1 Å². The van der Waals surface area contributed by atoms with Crippen molar-refractivity contribution in [2.24, 2.45) is 0 Å². The van der Waals surface area contributed by atoms with Crippen molar-refractivity contribution >= 4 is 27.8 Å². The number of hydrogen-bond acceptors (Lipinski definition) is 3. The van der Waals surface area contributed by atoms with E-state index in [2.05, 4.69) is 15.9 Å². The SMILES string of the molecule is O=C(O)CC1CCCN1C(=O)COc1cccc(Br)c1. The van der Waals surface area contributed by atoms with Gasteiger partial charge >= 0.3 is 5.97 Å². The third kappa shape index (κ3) is 3.96. The summed E-state index contributed by atoms with van der Waals surface area (Å²) in [4.78, 5) is 24.5. The lowest BCUT2D eigenvalue weighted by molar-refractivity contribution is -0.140. The number of likely N-dealkylation sites (tertiary alicyclic amines) is 1. The van der Waals surface area contributed by atoms with Crippen LogP contribution in [0, 0.1) is 0 Å². The minimum absolute atomic E-state index is 0.00260. The minimum atomic E-state index is -0.873. The van der Waals surface area contributed by atoms with Gasteiger partial charge in [-0.3, -0.25) is 9.59 Å². The molecule has 0 bridgehead atoms. The number of aliphatic carboxylic acids is 1. The van der Waals surface area contributed by atoms with Crippen LogP contribution in [0.15, 0.2) is 28.7 Å². The summed E-state index contributed by atoms with van der Waals surface area (Å²) in [6.45, 7) is 0.547. The molecule has 0 aromatic heterocycles. The maximum atomic E-state index is 12.1. The lowest BCUT2D eigenvalue weighted by atomic mass is 10.1. The number of halogens is 1. The summed E-state index contributed by atoms with van der Waals surface area (Å²) in [5.74, 6) is -0.418. The molecule has 2 rings (SSSR count). The Hall–Kier alpha value is -1.56. The van der Waals surface area contributed by atoms with E-state index in [9.17, 15) is 9.59 Å². The van der Waals surface area contributed by atoms with Gasteiger partial charge in [0.1, 0.15) is 5.75 Å². The molecular weight excluding hydrogens is 326 g/mol. The first-order valence-electron chi connectivity index (χ1n) is 6.46. The van der Waals surface area contributed by atoms with Crippen LogP contribution >= 0.6 is 15.9 Å². The fraction of sp³-hybridized carbons (Fsp3) is 0.429. The first-order valence-corrected chi connectivity index (χ1v) is 7.25. The maximum Gasteiger partial charge on any atom is 0.305 e. The fourth-order valence-electron chi connectivity index (χ4n) is 2.36. The molecule has 1 unspecified atom stereocenters. The number of carbonyl (C=O) groups is 2. The zero-order chi connectivity index (χ0) is 14.5. The molecule has 1 saturated heterocycles. The molecule has 0 aliphatic carbocycles. The second kappa shape index (κ2) is 6.74. The molecule has 1 heterocycles. The van der Waals surface area contributed by atoms with E-state index in [0.29, 0.717) is 12.3 Å². The summed E-state index contributed by atoms with van der Waals surface area (Å²) in [7, 11) is 0. The third-order valence-corrected chi connectivity index (χ3v) is 3.76. The second-order valence-electron chi connectivity index (χ2n) is 4.73. The number of hydrogen-bond donors (Lipinski definition) is 1. The van der Waals surface area contributed by atoms with E-state index in [1.54, 1.807) is 17.0 Å². The van der Waals surface area contributed by atoms with Crippen molar-refractivity contribution in [3.05, 3.63) is 28.7 Å². The number of rotatable bonds is 5. The molecule has 1 N–H and O–H groups in total. The zero-order valence-electron chi connectivity index (χ0n) is 10.9. The van der Waals surface area contributed by atoms with Crippen molar-refractivity contribution < 1.29 is 19.4 Å². The van der Waals surface area contributed by atoms with Crippen LogP contribution in [0.2, 0.25) is 0 Å². The van der Waals surface area contributed by atoms with Crippen molar-refractivity contribution in [3.63, 3.8) is 0 Å². The molecular formula is C14H16BrNO4. The van der Waals surface area contributed by atoms with Gasteiger partial charge in [-0.1, -0.05) is 22.0 Å². The van der Waals surface area contributed by atoms with Crippen molar-refractivity contribution in [2.45, 2.75) is 25.3 Å². The van der Waals surface area contributed by atoms with Gasteiger partial charge in [-0.25, -0.2) is 0 Å². The number of nitrogens with zero attached hydrogens (tertiary/aromatic N) is 1. The fourth-order valence-corrected chi connectivity index (χ4v) is 2.74. The Morgan fingerprint density at radius 2 is 2.25 bits per heavy atom. The highest BCUT2D eigenvalue weighted by Gasteiger charge is 2.30. The van der Waals surface area contributed by atoms with Crippen molar-refractivity contribution in [1.29, 1.82) is 0 Å². The van der Waals surface area contributed by atoms with Gasteiger partial charge in [-0.05, 0) is 31.0 Å². The highest BCUT2D eigenvalue weighted by atomic mass is 79.9. The molecule has 6 heteroatoms. The molecule has 0 saturated carbocycles. The lowest BCUT2D eigenvalue weighted by Crippen LogP contribution is -2.39. The van der Waals surface area contributed by atoms with E-state index in [-0.39, 0.29) is 25.0 Å². The van der Waals surface area contributed by atoms with Crippen LogP contribution in [0.1, 0.15) is 19.3 Å². The normalized spacial score (nSPS) is 18.1. The average molecular weight is 342 g/mol. The largest absolute Gasteiger partial charge is 0.484 e. The van der Waals surface area contributed by atoms with Gasteiger partial charge in [-0.15, -0.1) is 0 Å². The van der Waals surface area contributed by atoms with Gasteiger partial charge < -0.3 is 14.7 Å². The van der Waals surface area contributed by atoms with E-state index in [0.717, 1.165) is 17.3 Å². The number of carbonyl (C=O) groups excluding carboxylic acids is 1. The van der Waals surface area contributed by atoms with Crippen LogP contribution < -0.4 is 4.74 Å². The van der Waals surface area contributed by atoms with E-state index >= 15 is 0 Å². The molecule has 1 aliphatic heterocycles. The number of carboxylic acids is 1. The summed E-state index contributed by atoms with van der Waals surface area (Å²) in [6.07, 6.45) is 1.60. The molecule has 1 amide bonds. The smallest absolute Gasteiger partial charge is 0.305 e. The van der Waals surface area contributed by atoms with Crippen molar-refractivity contribution in [1.82, 2.24) is 4.90 Å². The Kier molecular flexibility index (Phi) is 5.00. The van der Waals surface area contributed by atoms with E-state index < -0.39 is 5.97 Å². The first-order chi connectivity index (χ1) is 9.56. The number of ether oxygens (including phenoxy) is 1. The van der Waals surface area contributed by atoms with E-state index in [1.165, 1.54) is 0 Å². The molecule has 1 fully saturated rings. The number of carboxylic acid groups (broad SMARTS) is 1. The van der Waals surface area contributed by atoms with Gasteiger partial charge in [-0.2, -0.15) is 0 Å². The Bertz CT molecular complexity index is 506. The topological polar surface area (TPSA) is 66.8 Å². The summed E-state index contributed by atoms with van der Waals surface area (Å²) in [5, 5.41) is 8.84.